The Labute approximate surface area is 88.4 Å². The fourth-order valence-corrected chi connectivity index (χ4v) is 1.06. The van der Waals surface area contributed by atoms with Crippen LogP contribution < -0.4 is 17.0 Å². The summed E-state index contributed by atoms with van der Waals surface area (Å²) in [5.41, 5.74) is 8.48. The first-order valence-electron chi connectivity index (χ1n) is 4.61. The van der Waals surface area contributed by atoms with Crippen molar-refractivity contribution >= 4 is 5.91 Å². The minimum Gasteiger partial charge on any atom is -0.375 e. The van der Waals surface area contributed by atoms with Gasteiger partial charge in [0.1, 0.15) is 6.04 Å². The number of hydrogen-bond donors (Lipinski definition) is 3. The zero-order valence-electron chi connectivity index (χ0n) is 8.35. The first-order valence-corrected chi connectivity index (χ1v) is 4.61. The Bertz CT molecular complexity index is 303. The number of hydrogen-bond acceptors (Lipinski definition) is 4. The van der Waals surface area contributed by atoms with Gasteiger partial charge in [-0.15, -0.1) is 0 Å². The second kappa shape index (κ2) is 6.13. The maximum Gasteiger partial charge on any atom is 0.253 e. The van der Waals surface area contributed by atoms with E-state index < -0.39 is 11.9 Å². The predicted octanol–water partition coefficient (Wildman–Crippen LogP) is -0.480. The van der Waals surface area contributed by atoms with Gasteiger partial charge in [0, 0.05) is 0 Å². The second-order valence-corrected chi connectivity index (χ2v) is 3.12. The lowest BCUT2D eigenvalue weighted by molar-refractivity contribution is -0.123. The molecule has 0 saturated heterocycles. The van der Waals surface area contributed by atoms with E-state index in [-0.39, 0.29) is 6.61 Å². The van der Waals surface area contributed by atoms with E-state index in [1.165, 1.54) is 0 Å². The summed E-state index contributed by atoms with van der Waals surface area (Å²) < 4.78 is 5.26. The molecule has 82 valence electrons. The van der Waals surface area contributed by atoms with Crippen molar-refractivity contribution in [1.29, 1.82) is 0 Å². The van der Waals surface area contributed by atoms with Gasteiger partial charge in [-0.05, 0) is 5.56 Å². The van der Waals surface area contributed by atoms with E-state index in [4.69, 9.17) is 16.3 Å². The Kier molecular flexibility index (Phi) is 4.76. The van der Waals surface area contributed by atoms with Crippen molar-refractivity contribution < 1.29 is 9.53 Å². The van der Waals surface area contributed by atoms with Crippen molar-refractivity contribution in [2.24, 2.45) is 11.6 Å². The van der Waals surface area contributed by atoms with Crippen LogP contribution in [0.25, 0.3) is 0 Å². The van der Waals surface area contributed by atoms with Crippen molar-refractivity contribution in [3.63, 3.8) is 0 Å². The zero-order chi connectivity index (χ0) is 11.1. The topological polar surface area (TPSA) is 90.4 Å². The van der Waals surface area contributed by atoms with Crippen molar-refractivity contribution in [2.45, 2.75) is 12.6 Å². The van der Waals surface area contributed by atoms with Gasteiger partial charge in [0.25, 0.3) is 5.91 Å². The largest absolute Gasteiger partial charge is 0.375 e. The second-order valence-electron chi connectivity index (χ2n) is 3.12. The summed E-state index contributed by atoms with van der Waals surface area (Å²) in [6, 6.07) is 8.93. The molecule has 1 amide bonds. The van der Waals surface area contributed by atoms with E-state index in [2.05, 4.69) is 0 Å². The van der Waals surface area contributed by atoms with Crippen LogP contribution in [0.5, 0.6) is 0 Å². The van der Waals surface area contributed by atoms with Crippen LogP contribution in [0.2, 0.25) is 0 Å². The molecule has 0 unspecified atom stereocenters. The van der Waals surface area contributed by atoms with Gasteiger partial charge in [-0.1, -0.05) is 30.3 Å². The molecule has 0 aliphatic carbocycles. The van der Waals surface area contributed by atoms with Crippen molar-refractivity contribution in [1.82, 2.24) is 5.43 Å². The number of rotatable bonds is 5. The quantitative estimate of drug-likeness (QED) is 0.347. The molecule has 5 heteroatoms. The monoisotopic (exact) mass is 209 g/mol. The minimum atomic E-state index is -0.723. The van der Waals surface area contributed by atoms with Crippen LogP contribution in [0.15, 0.2) is 30.3 Å². The summed E-state index contributed by atoms with van der Waals surface area (Å²) in [6.45, 7) is 0.588. The van der Waals surface area contributed by atoms with Gasteiger partial charge in [-0.2, -0.15) is 0 Å². The molecule has 1 atom stereocenters. The van der Waals surface area contributed by atoms with Crippen LogP contribution in [-0.2, 0) is 16.1 Å². The number of ether oxygens (including phenoxy) is 1. The molecular formula is C10H15N3O2. The summed E-state index contributed by atoms with van der Waals surface area (Å²) in [4.78, 5) is 10.9. The zero-order valence-corrected chi connectivity index (χ0v) is 8.35. The average molecular weight is 209 g/mol. The van der Waals surface area contributed by atoms with Crippen LogP contribution in [0.4, 0.5) is 0 Å². The van der Waals surface area contributed by atoms with Gasteiger partial charge in [-0.3, -0.25) is 10.2 Å². The molecular weight excluding hydrogens is 194 g/mol. The fourth-order valence-electron chi connectivity index (χ4n) is 1.06. The third-order valence-electron chi connectivity index (χ3n) is 1.89. The number of benzene rings is 1. The molecule has 15 heavy (non-hydrogen) atoms. The minimum absolute atomic E-state index is 0.151. The van der Waals surface area contributed by atoms with E-state index >= 15 is 0 Å². The Hall–Kier alpha value is -1.43. The average Bonchev–Trinajstić information content (AvgIpc) is 2.29. The van der Waals surface area contributed by atoms with Crippen molar-refractivity contribution in [3.05, 3.63) is 35.9 Å². The molecule has 0 aliphatic rings. The summed E-state index contributed by atoms with van der Waals surface area (Å²) in [6.07, 6.45) is 0. The van der Waals surface area contributed by atoms with Gasteiger partial charge in [0.2, 0.25) is 0 Å². The number of nitrogens with one attached hydrogen (secondary N) is 1. The Morgan fingerprint density at radius 2 is 2.07 bits per heavy atom. The van der Waals surface area contributed by atoms with Gasteiger partial charge in [0.15, 0.2) is 0 Å². The highest BCUT2D eigenvalue weighted by atomic mass is 16.5. The standard InChI is InChI=1S/C10H15N3O2/c11-9(10(14)13-12)7-15-6-8-4-2-1-3-5-8/h1-5,9H,6-7,11-12H2,(H,13,14)/t9-/m1/s1. The third-order valence-corrected chi connectivity index (χ3v) is 1.89. The molecule has 1 aromatic carbocycles. The van der Waals surface area contributed by atoms with Crippen molar-refractivity contribution in [3.8, 4) is 0 Å². The molecule has 5 N–H and O–H groups in total. The lowest BCUT2D eigenvalue weighted by atomic mass is 10.2. The number of carbonyl (C=O) groups excluding carboxylic acids is 1. The van der Waals surface area contributed by atoms with Gasteiger partial charge >= 0.3 is 0 Å². The summed E-state index contributed by atoms with van der Waals surface area (Å²) >= 11 is 0. The molecule has 1 aromatic rings. The van der Waals surface area contributed by atoms with Crippen LogP contribution in [0.1, 0.15) is 5.56 Å². The lowest BCUT2D eigenvalue weighted by Crippen LogP contribution is -2.46. The first kappa shape index (κ1) is 11.6. The number of nitrogens with two attached hydrogens (primary N) is 2. The SMILES string of the molecule is NNC(=O)[C@H](N)COCc1ccccc1. The molecule has 0 fully saturated rings. The van der Waals surface area contributed by atoms with E-state index in [1.807, 2.05) is 35.8 Å². The molecule has 0 aromatic heterocycles. The summed E-state index contributed by atoms with van der Waals surface area (Å²) in [7, 11) is 0. The molecule has 0 bridgehead atoms. The highest BCUT2D eigenvalue weighted by Crippen LogP contribution is 2.00. The highest BCUT2D eigenvalue weighted by molar-refractivity contribution is 5.80. The van der Waals surface area contributed by atoms with Crippen LogP contribution in [0, 0.1) is 0 Å². The van der Waals surface area contributed by atoms with Crippen LogP contribution >= 0.6 is 0 Å². The summed E-state index contributed by atoms with van der Waals surface area (Å²) in [5, 5.41) is 0. The maximum atomic E-state index is 10.9. The lowest BCUT2D eigenvalue weighted by Gasteiger charge is -2.10. The smallest absolute Gasteiger partial charge is 0.253 e. The highest BCUT2D eigenvalue weighted by Gasteiger charge is 2.11. The molecule has 0 aliphatic heterocycles. The maximum absolute atomic E-state index is 10.9. The van der Waals surface area contributed by atoms with E-state index in [0.29, 0.717) is 6.61 Å². The van der Waals surface area contributed by atoms with Gasteiger partial charge in [-0.25, -0.2) is 5.84 Å². The Morgan fingerprint density at radius 3 is 2.67 bits per heavy atom. The Balaban J connectivity index is 2.25. The van der Waals surface area contributed by atoms with E-state index in [9.17, 15) is 4.79 Å². The number of hydrazine groups is 1. The predicted molar refractivity (Wildman–Crippen MR) is 56.4 cm³/mol. The number of amides is 1. The van der Waals surface area contributed by atoms with Crippen LogP contribution in [0.3, 0.4) is 0 Å². The molecule has 0 radical (unpaired) electrons. The number of carbonyl (C=O) groups is 1. The van der Waals surface area contributed by atoms with Gasteiger partial charge in [0.05, 0.1) is 13.2 Å². The molecule has 1 rings (SSSR count). The van der Waals surface area contributed by atoms with Crippen LogP contribution in [-0.4, -0.2) is 18.6 Å². The molecule has 0 saturated carbocycles. The molecule has 5 nitrogen and oxygen atoms in total. The molecule has 0 spiro atoms. The van der Waals surface area contributed by atoms with E-state index in [0.717, 1.165) is 5.56 Å². The summed E-state index contributed by atoms with van der Waals surface area (Å²) in [5.74, 6) is 4.49. The normalized spacial score (nSPS) is 12.1. The fraction of sp³-hybridized carbons (Fsp3) is 0.300. The first-order chi connectivity index (χ1) is 7.24. The third kappa shape index (κ3) is 4.07. The molecule has 0 heterocycles. The Morgan fingerprint density at radius 1 is 1.40 bits per heavy atom. The van der Waals surface area contributed by atoms with Gasteiger partial charge < -0.3 is 10.5 Å². The van der Waals surface area contributed by atoms with Crippen molar-refractivity contribution in [2.75, 3.05) is 6.61 Å². The van der Waals surface area contributed by atoms with E-state index in [1.54, 1.807) is 0 Å².